The smallest absolute Gasteiger partial charge is 0.321 e. The lowest BCUT2D eigenvalue weighted by atomic mass is 10.2. The van der Waals surface area contributed by atoms with Gasteiger partial charge in [-0.3, -0.25) is 9.48 Å². The fraction of sp³-hybridized carbons (Fsp3) is 0.450. The monoisotopic (exact) mass is 367 g/mol. The number of urea groups is 1. The minimum Gasteiger partial charge on any atom is -0.322 e. The topological polar surface area (TPSA) is 70.5 Å². The van der Waals surface area contributed by atoms with Crippen LogP contribution in [0, 0.1) is 13.8 Å². The Hall–Kier alpha value is -2.83. The van der Waals surface area contributed by atoms with Crippen molar-refractivity contribution in [3.8, 4) is 0 Å². The SMILES string of the molecule is Cc1cc(C)n([C@@H]2CCN(C(=O)Nc3ccc(N4CCCC4=O)cc3)C2)n1. The quantitative estimate of drug-likeness (QED) is 0.906. The number of carbonyl (C=O) groups is 2. The van der Waals surface area contributed by atoms with E-state index < -0.39 is 0 Å². The van der Waals surface area contributed by atoms with E-state index in [4.69, 9.17) is 0 Å². The summed E-state index contributed by atoms with van der Waals surface area (Å²) in [5, 5.41) is 7.51. The number of carbonyl (C=O) groups excluding carboxylic acids is 2. The first kappa shape index (κ1) is 17.6. The van der Waals surface area contributed by atoms with Crippen LogP contribution in [0.25, 0.3) is 0 Å². The number of hydrogen-bond acceptors (Lipinski definition) is 3. The molecule has 1 aromatic heterocycles. The molecule has 2 saturated heterocycles. The van der Waals surface area contributed by atoms with E-state index in [0.717, 1.165) is 48.7 Å². The lowest BCUT2D eigenvalue weighted by Gasteiger charge is -2.19. The second kappa shape index (κ2) is 7.06. The van der Waals surface area contributed by atoms with Crippen molar-refractivity contribution in [3.63, 3.8) is 0 Å². The van der Waals surface area contributed by atoms with Crippen molar-refractivity contribution in [3.05, 3.63) is 41.7 Å². The van der Waals surface area contributed by atoms with Crippen molar-refractivity contribution in [2.45, 2.75) is 39.2 Å². The molecule has 0 bridgehead atoms. The van der Waals surface area contributed by atoms with Gasteiger partial charge in [0.25, 0.3) is 0 Å². The van der Waals surface area contributed by atoms with Crippen LogP contribution < -0.4 is 10.2 Å². The van der Waals surface area contributed by atoms with Crippen molar-refractivity contribution >= 4 is 23.3 Å². The van der Waals surface area contributed by atoms with Crippen molar-refractivity contribution in [1.82, 2.24) is 14.7 Å². The third kappa shape index (κ3) is 3.54. The molecule has 0 radical (unpaired) electrons. The minimum absolute atomic E-state index is 0.0935. The van der Waals surface area contributed by atoms with Crippen LogP contribution in [0.5, 0.6) is 0 Å². The molecule has 0 unspecified atom stereocenters. The van der Waals surface area contributed by atoms with Gasteiger partial charge in [0.15, 0.2) is 0 Å². The highest BCUT2D eigenvalue weighted by Gasteiger charge is 2.29. The Kier molecular flexibility index (Phi) is 4.59. The van der Waals surface area contributed by atoms with Gasteiger partial charge >= 0.3 is 6.03 Å². The zero-order chi connectivity index (χ0) is 19.0. The van der Waals surface area contributed by atoms with Crippen molar-refractivity contribution in [1.29, 1.82) is 0 Å². The Balaban J connectivity index is 1.37. The average Bonchev–Trinajstić information content (AvgIpc) is 3.36. The van der Waals surface area contributed by atoms with E-state index in [1.165, 1.54) is 0 Å². The molecule has 7 nitrogen and oxygen atoms in total. The summed E-state index contributed by atoms with van der Waals surface area (Å²) in [5.74, 6) is 0.166. The van der Waals surface area contributed by atoms with Crippen LogP contribution in [0.4, 0.5) is 16.2 Å². The van der Waals surface area contributed by atoms with Gasteiger partial charge in [0.05, 0.1) is 11.7 Å². The molecule has 27 heavy (non-hydrogen) atoms. The van der Waals surface area contributed by atoms with Crippen LogP contribution in [0.2, 0.25) is 0 Å². The van der Waals surface area contributed by atoms with E-state index in [-0.39, 0.29) is 18.0 Å². The van der Waals surface area contributed by atoms with Crippen molar-refractivity contribution in [2.75, 3.05) is 29.9 Å². The molecule has 0 aliphatic carbocycles. The zero-order valence-corrected chi connectivity index (χ0v) is 15.8. The first-order chi connectivity index (χ1) is 13.0. The fourth-order valence-electron chi connectivity index (χ4n) is 3.99. The molecule has 7 heteroatoms. The van der Waals surface area contributed by atoms with Crippen LogP contribution in [-0.4, -0.2) is 46.3 Å². The molecule has 0 spiro atoms. The van der Waals surface area contributed by atoms with Gasteiger partial charge < -0.3 is 15.1 Å². The Morgan fingerprint density at radius 3 is 2.59 bits per heavy atom. The first-order valence-electron chi connectivity index (χ1n) is 9.50. The van der Waals surface area contributed by atoms with Gasteiger partial charge in [-0.25, -0.2) is 4.79 Å². The molecular formula is C20H25N5O2. The van der Waals surface area contributed by atoms with Gasteiger partial charge in [0, 0.05) is 43.1 Å². The molecule has 4 rings (SSSR count). The molecule has 1 aromatic carbocycles. The molecule has 1 atom stereocenters. The normalized spacial score (nSPS) is 19.8. The standard InChI is InChI=1S/C20H25N5O2/c1-14-12-15(2)25(22-14)18-9-11-23(13-18)20(27)21-16-5-7-17(8-6-16)24-10-3-4-19(24)26/h5-8,12,18H,3-4,9-11,13H2,1-2H3,(H,21,27)/t18-/m1/s1. The third-order valence-corrected chi connectivity index (χ3v) is 5.34. The fourth-order valence-corrected chi connectivity index (χ4v) is 3.99. The van der Waals surface area contributed by atoms with Gasteiger partial charge in [0.1, 0.15) is 0 Å². The van der Waals surface area contributed by atoms with Gasteiger partial charge in [-0.05, 0) is 57.0 Å². The average molecular weight is 367 g/mol. The summed E-state index contributed by atoms with van der Waals surface area (Å²) in [6.45, 7) is 6.19. The van der Waals surface area contributed by atoms with Crippen LogP contribution >= 0.6 is 0 Å². The molecule has 2 aliphatic heterocycles. The Labute approximate surface area is 158 Å². The number of benzene rings is 1. The molecule has 0 saturated carbocycles. The van der Waals surface area contributed by atoms with E-state index in [2.05, 4.69) is 23.4 Å². The predicted octanol–water partition coefficient (Wildman–Crippen LogP) is 3.11. The zero-order valence-electron chi connectivity index (χ0n) is 15.8. The maximum atomic E-state index is 12.6. The first-order valence-corrected chi connectivity index (χ1v) is 9.50. The van der Waals surface area contributed by atoms with Crippen LogP contribution in [-0.2, 0) is 4.79 Å². The Bertz CT molecular complexity index is 858. The summed E-state index contributed by atoms with van der Waals surface area (Å²) >= 11 is 0. The number of nitrogens with one attached hydrogen (secondary N) is 1. The number of likely N-dealkylation sites (tertiary alicyclic amines) is 1. The van der Waals surface area contributed by atoms with Crippen LogP contribution in [0.1, 0.15) is 36.7 Å². The maximum absolute atomic E-state index is 12.6. The molecule has 3 amide bonds. The number of nitrogens with zero attached hydrogens (tertiary/aromatic N) is 4. The van der Waals surface area contributed by atoms with Gasteiger partial charge in [-0.2, -0.15) is 5.10 Å². The second-order valence-corrected chi connectivity index (χ2v) is 7.39. The molecule has 142 valence electrons. The summed E-state index contributed by atoms with van der Waals surface area (Å²) in [5.41, 5.74) is 3.77. The number of amides is 3. The van der Waals surface area contributed by atoms with Crippen molar-refractivity contribution in [2.24, 2.45) is 0 Å². The van der Waals surface area contributed by atoms with E-state index >= 15 is 0 Å². The number of rotatable bonds is 3. The molecule has 1 N–H and O–H groups in total. The van der Waals surface area contributed by atoms with Crippen LogP contribution in [0.3, 0.4) is 0 Å². The summed E-state index contributed by atoms with van der Waals surface area (Å²) in [6, 6.07) is 9.69. The largest absolute Gasteiger partial charge is 0.322 e. The number of hydrogen-bond donors (Lipinski definition) is 1. The maximum Gasteiger partial charge on any atom is 0.321 e. The van der Waals surface area contributed by atoms with Crippen LogP contribution in [0.15, 0.2) is 30.3 Å². The lowest BCUT2D eigenvalue weighted by molar-refractivity contribution is -0.117. The Morgan fingerprint density at radius 2 is 1.96 bits per heavy atom. The predicted molar refractivity (Wildman–Crippen MR) is 104 cm³/mol. The lowest BCUT2D eigenvalue weighted by Crippen LogP contribution is -2.33. The summed E-state index contributed by atoms with van der Waals surface area (Å²) in [7, 11) is 0. The summed E-state index contributed by atoms with van der Waals surface area (Å²) < 4.78 is 2.03. The summed E-state index contributed by atoms with van der Waals surface area (Å²) in [4.78, 5) is 28.1. The highest BCUT2D eigenvalue weighted by molar-refractivity contribution is 5.96. The van der Waals surface area contributed by atoms with Gasteiger partial charge in [0.2, 0.25) is 5.91 Å². The van der Waals surface area contributed by atoms with Gasteiger partial charge in [-0.1, -0.05) is 0 Å². The number of aryl methyl sites for hydroxylation is 2. The molecule has 3 heterocycles. The molecular weight excluding hydrogens is 342 g/mol. The van der Waals surface area contributed by atoms with E-state index in [9.17, 15) is 9.59 Å². The summed E-state index contributed by atoms with van der Waals surface area (Å²) in [6.07, 6.45) is 2.43. The minimum atomic E-state index is -0.0935. The van der Waals surface area contributed by atoms with E-state index in [1.54, 1.807) is 4.90 Å². The molecule has 2 aliphatic rings. The van der Waals surface area contributed by atoms with Crippen molar-refractivity contribution < 1.29 is 9.59 Å². The third-order valence-electron chi connectivity index (χ3n) is 5.34. The van der Waals surface area contributed by atoms with Gasteiger partial charge in [-0.15, -0.1) is 0 Å². The van der Waals surface area contributed by atoms with E-state index in [0.29, 0.717) is 13.0 Å². The van der Waals surface area contributed by atoms with E-state index in [1.807, 2.05) is 40.8 Å². The number of anilines is 2. The Morgan fingerprint density at radius 1 is 1.19 bits per heavy atom. The highest BCUT2D eigenvalue weighted by Crippen LogP contribution is 2.25. The molecule has 2 fully saturated rings. The second-order valence-electron chi connectivity index (χ2n) is 7.39. The highest BCUT2D eigenvalue weighted by atomic mass is 16.2. The molecule has 2 aromatic rings. The number of aromatic nitrogens is 2.